The number of halogens is 3. The van der Waals surface area contributed by atoms with Crippen molar-refractivity contribution in [2.45, 2.75) is 31.6 Å². The van der Waals surface area contributed by atoms with Gasteiger partial charge in [-0.15, -0.1) is 0 Å². The van der Waals surface area contributed by atoms with Crippen LogP contribution in [-0.4, -0.2) is 26.0 Å². The van der Waals surface area contributed by atoms with Gasteiger partial charge in [-0.1, -0.05) is 6.92 Å². The molecule has 1 aromatic carbocycles. The van der Waals surface area contributed by atoms with Crippen LogP contribution >= 0.6 is 0 Å². The lowest BCUT2D eigenvalue weighted by atomic mass is 9.94. The zero-order valence-corrected chi connectivity index (χ0v) is 12.6. The zero-order chi connectivity index (χ0) is 15.7. The van der Waals surface area contributed by atoms with Crippen LogP contribution < -0.4 is 5.32 Å². The Labute approximate surface area is 117 Å². The lowest BCUT2D eigenvalue weighted by Gasteiger charge is -2.33. The van der Waals surface area contributed by atoms with Gasteiger partial charge in [0.25, 0.3) is 0 Å². The van der Waals surface area contributed by atoms with E-state index in [9.17, 15) is 21.6 Å². The van der Waals surface area contributed by atoms with Crippen LogP contribution in [0.2, 0.25) is 0 Å². The Kier molecular flexibility index (Phi) is 4.86. The first-order valence-electron chi connectivity index (χ1n) is 6.09. The Morgan fingerprint density at radius 3 is 2.10 bits per heavy atom. The lowest BCUT2D eigenvalue weighted by Crippen LogP contribution is -2.45. The predicted molar refractivity (Wildman–Crippen MR) is 71.7 cm³/mol. The highest BCUT2D eigenvalue weighted by Gasteiger charge is 2.41. The van der Waals surface area contributed by atoms with Crippen LogP contribution in [0.25, 0.3) is 0 Å². The first kappa shape index (κ1) is 17.0. The van der Waals surface area contributed by atoms with E-state index in [-0.39, 0.29) is 5.56 Å². The molecule has 0 aliphatic rings. The average molecular weight is 309 g/mol. The maximum atomic E-state index is 13.9. The van der Waals surface area contributed by atoms with E-state index in [1.807, 2.05) is 0 Å². The van der Waals surface area contributed by atoms with Crippen LogP contribution in [0.3, 0.4) is 0 Å². The molecule has 0 amide bonds. The summed E-state index contributed by atoms with van der Waals surface area (Å²) in [6.07, 6.45) is 1.02. The summed E-state index contributed by atoms with van der Waals surface area (Å²) in [5.41, 5.74) is -0.207. The van der Waals surface area contributed by atoms with Gasteiger partial charge in [-0.3, -0.25) is 0 Å². The zero-order valence-electron chi connectivity index (χ0n) is 11.8. The average Bonchev–Trinajstić information content (AvgIpc) is 2.29. The van der Waals surface area contributed by atoms with Crippen LogP contribution in [0.1, 0.15) is 32.4 Å². The molecule has 0 aromatic heterocycles. The molecule has 1 N–H and O–H groups in total. The van der Waals surface area contributed by atoms with Gasteiger partial charge in [-0.25, -0.2) is 21.6 Å². The second-order valence-corrected chi connectivity index (χ2v) is 7.75. The minimum absolute atomic E-state index is 0.207. The van der Waals surface area contributed by atoms with E-state index in [0.717, 1.165) is 6.26 Å². The van der Waals surface area contributed by atoms with Crippen LogP contribution in [0, 0.1) is 17.5 Å². The van der Waals surface area contributed by atoms with E-state index in [1.165, 1.54) is 13.8 Å². The van der Waals surface area contributed by atoms with Crippen molar-refractivity contribution in [3.63, 3.8) is 0 Å². The summed E-state index contributed by atoms with van der Waals surface area (Å²) >= 11 is 0. The molecule has 0 aliphatic heterocycles. The minimum Gasteiger partial charge on any atom is -0.309 e. The van der Waals surface area contributed by atoms with Gasteiger partial charge in [0, 0.05) is 17.9 Å². The highest BCUT2D eigenvalue weighted by molar-refractivity contribution is 7.92. The lowest BCUT2D eigenvalue weighted by molar-refractivity contribution is 0.406. The molecule has 1 atom stereocenters. The molecular weight excluding hydrogens is 291 g/mol. The normalized spacial score (nSPS) is 14.3. The predicted octanol–water partition coefficient (Wildman–Crippen LogP) is 2.58. The van der Waals surface area contributed by atoms with Crippen molar-refractivity contribution in [1.29, 1.82) is 0 Å². The Bertz CT molecular complexity index is 600. The highest BCUT2D eigenvalue weighted by Crippen LogP contribution is 2.34. The largest absolute Gasteiger partial charge is 0.309 e. The van der Waals surface area contributed by atoms with Crippen molar-refractivity contribution in [3.8, 4) is 0 Å². The standard InChI is InChI=1S/C13H18F3NO2S/c1-5-17-12(13(2,3)20(4,18)19)8-6-10(15)11(16)7-9(8)14/h6-7,12,17H,5H2,1-4H3. The summed E-state index contributed by atoms with van der Waals surface area (Å²) in [4.78, 5) is 0. The van der Waals surface area contributed by atoms with E-state index in [2.05, 4.69) is 5.32 Å². The van der Waals surface area contributed by atoms with Crippen molar-refractivity contribution >= 4 is 9.84 Å². The summed E-state index contributed by atoms with van der Waals surface area (Å²) < 4.78 is 62.6. The fourth-order valence-corrected chi connectivity index (χ4v) is 2.55. The first-order valence-corrected chi connectivity index (χ1v) is 7.99. The molecule has 0 radical (unpaired) electrons. The van der Waals surface area contributed by atoms with Gasteiger partial charge in [0.15, 0.2) is 21.5 Å². The third-order valence-electron chi connectivity index (χ3n) is 3.41. The smallest absolute Gasteiger partial charge is 0.161 e. The molecule has 0 saturated carbocycles. The van der Waals surface area contributed by atoms with E-state index in [1.54, 1.807) is 6.92 Å². The molecule has 0 bridgehead atoms. The quantitative estimate of drug-likeness (QED) is 0.850. The van der Waals surface area contributed by atoms with Gasteiger partial charge in [-0.05, 0) is 26.5 Å². The maximum Gasteiger partial charge on any atom is 0.161 e. The molecule has 0 heterocycles. The molecule has 3 nitrogen and oxygen atoms in total. The van der Waals surface area contributed by atoms with E-state index in [0.29, 0.717) is 18.7 Å². The number of rotatable bonds is 5. The number of nitrogens with one attached hydrogen (secondary N) is 1. The second kappa shape index (κ2) is 5.73. The molecule has 0 aliphatic carbocycles. The Hall–Kier alpha value is -1.08. The van der Waals surface area contributed by atoms with Gasteiger partial charge in [0.1, 0.15) is 5.82 Å². The van der Waals surface area contributed by atoms with Crippen LogP contribution in [0.5, 0.6) is 0 Å². The molecule has 0 saturated heterocycles. The fourth-order valence-electron chi connectivity index (χ4n) is 1.91. The molecule has 1 rings (SSSR count). The number of benzene rings is 1. The van der Waals surface area contributed by atoms with Crippen molar-refractivity contribution in [2.24, 2.45) is 0 Å². The summed E-state index contributed by atoms with van der Waals surface area (Å²) in [6.45, 7) is 4.89. The Morgan fingerprint density at radius 1 is 1.15 bits per heavy atom. The van der Waals surface area contributed by atoms with E-state index >= 15 is 0 Å². The third-order valence-corrected chi connectivity index (χ3v) is 5.56. The van der Waals surface area contributed by atoms with Crippen LogP contribution in [0.4, 0.5) is 13.2 Å². The Balaban J connectivity index is 3.46. The van der Waals surface area contributed by atoms with Crippen molar-refractivity contribution in [1.82, 2.24) is 5.32 Å². The number of hydrogen-bond donors (Lipinski definition) is 1. The molecule has 20 heavy (non-hydrogen) atoms. The molecular formula is C13H18F3NO2S. The van der Waals surface area contributed by atoms with Crippen molar-refractivity contribution in [2.75, 3.05) is 12.8 Å². The molecule has 1 unspecified atom stereocenters. The molecule has 0 spiro atoms. The second-order valence-electron chi connectivity index (χ2n) is 5.15. The van der Waals surface area contributed by atoms with Gasteiger partial charge < -0.3 is 5.32 Å². The molecule has 7 heteroatoms. The number of sulfone groups is 1. The fraction of sp³-hybridized carbons (Fsp3) is 0.538. The van der Waals surface area contributed by atoms with Gasteiger partial charge in [-0.2, -0.15) is 0 Å². The Morgan fingerprint density at radius 2 is 1.65 bits per heavy atom. The van der Waals surface area contributed by atoms with Crippen LogP contribution in [0.15, 0.2) is 12.1 Å². The van der Waals surface area contributed by atoms with Gasteiger partial charge >= 0.3 is 0 Å². The summed E-state index contributed by atoms with van der Waals surface area (Å²) in [5, 5.41) is 2.82. The summed E-state index contributed by atoms with van der Waals surface area (Å²) in [7, 11) is -3.56. The molecule has 1 aromatic rings. The van der Waals surface area contributed by atoms with Gasteiger partial charge in [0.2, 0.25) is 0 Å². The molecule has 114 valence electrons. The van der Waals surface area contributed by atoms with Gasteiger partial charge in [0.05, 0.1) is 10.8 Å². The minimum atomic E-state index is -3.56. The van der Waals surface area contributed by atoms with E-state index in [4.69, 9.17) is 0 Å². The summed E-state index contributed by atoms with van der Waals surface area (Å²) in [5.74, 6) is -3.50. The van der Waals surface area contributed by atoms with Crippen LogP contribution in [-0.2, 0) is 9.84 Å². The topological polar surface area (TPSA) is 46.2 Å². The SMILES string of the molecule is CCNC(c1cc(F)c(F)cc1F)C(C)(C)S(C)(=O)=O. The van der Waals surface area contributed by atoms with Crippen molar-refractivity contribution < 1.29 is 21.6 Å². The van der Waals surface area contributed by atoms with Crippen molar-refractivity contribution in [3.05, 3.63) is 35.1 Å². The number of hydrogen-bond acceptors (Lipinski definition) is 3. The van der Waals surface area contributed by atoms with E-state index < -0.39 is 38.1 Å². The monoisotopic (exact) mass is 309 g/mol. The third kappa shape index (κ3) is 3.15. The first-order chi connectivity index (χ1) is 9.02. The maximum absolute atomic E-state index is 13.9. The molecule has 0 fully saturated rings. The highest BCUT2D eigenvalue weighted by atomic mass is 32.2. The summed E-state index contributed by atoms with van der Waals surface area (Å²) in [6, 6.07) is 0.135.